The quantitative estimate of drug-likeness (QED) is 0.385. The maximum atomic E-state index is 11.0. The molecule has 1 aromatic carbocycles. The van der Waals surface area contributed by atoms with Crippen molar-refractivity contribution >= 4 is 27.2 Å². The summed E-state index contributed by atoms with van der Waals surface area (Å²) >= 11 is 0. The summed E-state index contributed by atoms with van der Waals surface area (Å²) in [5.41, 5.74) is 6.29. The highest BCUT2D eigenvalue weighted by Crippen LogP contribution is 2.59. The van der Waals surface area contributed by atoms with Crippen LogP contribution in [0.4, 0.5) is 0 Å². The average Bonchev–Trinajstić information content (AvgIpc) is 3.09. The van der Waals surface area contributed by atoms with Crippen molar-refractivity contribution in [1.82, 2.24) is 4.57 Å². The highest BCUT2D eigenvalue weighted by molar-refractivity contribution is 6.77. The molecule has 0 spiro atoms. The Morgan fingerprint density at radius 3 is 2.35 bits per heavy atom. The van der Waals surface area contributed by atoms with Crippen LogP contribution < -0.4 is 4.74 Å². The lowest BCUT2D eigenvalue weighted by Crippen LogP contribution is -2.74. The maximum Gasteiger partial charge on any atom is 0.345 e. The summed E-state index contributed by atoms with van der Waals surface area (Å²) in [5.74, 6) is 2.44. The van der Waals surface area contributed by atoms with Gasteiger partial charge < -0.3 is 18.5 Å². The van der Waals surface area contributed by atoms with Crippen molar-refractivity contribution in [3.8, 4) is 5.75 Å². The Balaban J connectivity index is 1.58. The Hall–Kier alpha value is -1.28. The average molecular weight is 527 g/mol. The first-order valence-corrected chi connectivity index (χ1v) is 16.4. The molecule has 205 valence electrons. The predicted octanol–water partition coefficient (Wildman–Crippen LogP) is 5.09. The number of quaternary nitrogens is 1. The van der Waals surface area contributed by atoms with E-state index in [-0.39, 0.29) is 14.1 Å². The van der Waals surface area contributed by atoms with Gasteiger partial charge in [-0.05, 0) is 41.1 Å². The van der Waals surface area contributed by atoms with E-state index in [9.17, 15) is 5.11 Å². The first-order chi connectivity index (χ1) is 17.4. The lowest BCUT2D eigenvalue weighted by atomic mass is 9.57. The molecule has 4 aliphatic heterocycles. The highest BCUT2D eigenvalue weighted by atomic mass is 28.4. The van der Waals surface area contributed by atoms with Gasteiger partial charge in [0.25, 0.3) is 7.11 Å². The zero-order valence-electron chi connectivity index (χ0n) is 23.9. The summed E-state index contributed by atoms with van der Waals surface area (Å²) in [6, 6.07) is 7.90. The fourth-order valence-corrected chi connectivity index (χ4v) is 14.5. The van der Waals surface area contributed by atoms with Gasteiger partial charge >= 0.3 is 5.75 Å². The Bertz CT molecular complexity index is 1140. The third kappa shape index (κ3) is 3.81. The standard InChI is InChI=1S/C30H51BN2O3Si/c1-17(2)37(18(3)4,19(5)6)36-16-26-23-13-29-30-24(14-28(26)33(29,31)15-25(23)20(7)34)22-11-10-21(35-9)12-27(22)32(30)8/h10-12,17-20,23,25-26,28-29,34H,13-16H2,1-9,31H3/q+1/t20?,23-,25-,26?,28?,29-,33?/m0/s1. The van der Waals surface area contributed by atoms with E-state index in [1.54, 1.807) is 18.4 Å². The first kappa shape index (κ1) is 27.3. The molecule has 6 rings (SSSR count). The van der Waals surface area contributed by atoms with Gasteiger partial charge in [0.1, 0.15) is 0 Å². The minimum absolute atomic E-state index is 0.00591. The van der Waals surface area contributed by atoms with Gasteiger partial charge in [0, 0.05) is 56.3 Å². The van der Waals surface area contributed by atoms with E-state index in [0.29, 0.717) is 46.5 Å². The molecule has 4 aliphatic rings. The maximum absolute atomic E-state index is 11.0. The number of rotatable bonds is 8. The summed E-state index contributed by atoms with van der Waals surface area (Å²) in [6.45, 7) is 18.5. The molecule has 0 saturated carbocycles. The van der Waals surface area contributed by atoms with Gasteiger partial charge in [-0.3, -0.25) is 4.74 Å². The van der Waals surface area contributed by atoms with Crippen LogP contribution in [0.1, 0.15) is 72.2 Å². The normalized spacial score (nSPS) is 32.0. The second-order valence-electron chi connectivity index (χ2n) is 12.9. The van der Waals surface area contributed by atoms with Crippen LogP contribution >= 0.6 is 0 Å². The van der Waals surface area contributed by atoms with E-state index < -0.39 is 8.32 Å². The van der Waals surface area contributed by atoms with Gasteiger partial charge in [-0.15, -0.1) is 0 Å². The van der Waals surface area contributed by atoms with E-state index in [4.69, 9.17) is 9.16 Å². The summed E-state index contributed by atoms with van der Waals surface area (Å²) in [4.78, 5) is 0. The third-order valence-electron chi connectivity index (χ3n) is 10.5. The molecule has 7 atom stereocenters. The minimum atomic E-state index is -1.94. The van der Waals surface area contributed by atoms with Crippen LogP contribution in [-0.4, -0.2) is 62.8 Å². The number of ether oxygens (including phenoxy) is 1. The van der Waals surface area contributed by atoms with Gasteiger partial charge in [0.05, 0.1) is 35.5 Å². The zero-order chi connectivity index (χ0) is 27.0. The van der Waals surface area contributed by atoms with E-state index in [1.807, 2.05) is 0 Å². The van der Waals surface area contributed by atoms with Crippen LogP contribution in [0.3, 0.4) is 0 Å². The van der Waals surface area contributed by atoms with Crippen LogP contribution in [0.2, 0.25) is 16.6 Å². The molecule has 1 N–H and O–H groups in total. The molecule has 37 heavy (non-hydrogen) atoms. The van der Waals surface area contributed by atoms with Crippen LogP contribution in [0.15, 0.2) is 18.2 Å². The number of hydrogen-bond donors (Lipinski definition) is 1. The third-order valence-corrected chi connectivity index (χ3v) is 16.6. The predicted molar refractivity (Wildman–Crippen MR) is 159 cm³/mol. The summed E-state index contributed by atoms with van der Waals surface area (Å²) in [6.07, 6.45) is 2.13. The molecular formula is C30H51BN2O3Si+. The second kappa shape index (κ2) is 9.43. The molecule has 5 heterocycles. The highest BCUT2D eigenvalue weighted by Gasteiger charge is 2.61. The SMILES string of the molecule is [BH3-][N+]12C[C@@H](C(C)O)[C@@H]3C[C@H]1c1c(c4ccc([O+]C)cc4n1C)CC2C3CO[Si](C(C)C)(C(C)C)C(C)C. The van der Waals surface area contributed by atoms with E-state index in [2.05, 4.69) is 78.3 Å². The number of piperidine rings is 3. The Morgan fingerprint density at radius 2 is 1.78 bits per heavy atom. The largest absolute Gasteiger partial charge is 0.512 e. The van der Waals surface area contributed by atoms with Crippen molar-refractivity contribution in [3.63, 3.8) is 0 Å². The van der Waals surface area contributed by atoms with Crippen molar-refractivity contribution in [2.75, 3.05) is 20.3 Å². The summed E-state index contributed by atoms with van der Waals surface area (Å²) < 4.78 is 16.7. The Kier molecular flexibility index (Phi) is 6.95. The fourth-order valence-electron chi connectivity index (χ4n) is 8.98. The number of benzene rings is 1. The molecule has 0 aliphatic carbocycles. The van der Waals surface area contributed by atoms with E-state index >= 15 is 0 Å². The van der Waals surface area contributed by atoms with Gasteiger partial charge in [0.2, 0.25) is 0 Å². The fraction of sp³-hybridized carbons (Fsp3) is 0.733. The Morgan fingerprint density at radius 1 is 1.14 bits per heavy atom. The number of aliphatic hydroxyl groups is 1. The lowest BCUT2D eigenvalue weighted by molar-refractivity contribution is -0.908. The number of hydrogen-bond acceptors (Lipinski definition) is 3. The van der Waals surface area contributed by atoms with E-state index in [0.717, 1.165) is 18.8 Å². The van der Waals surface area contributed by atoms with Gasteiger partial charge in [-0.2, -0.15) is 0 Å². The monoisotopic (exact) mass is 526 g/mol. The minimum Gasteiger partial charge on any atom is -0.512 e. The molecule has 2 aromatic rings. The molecule has 5 nitrogen and oxygen atoms in total. The van der Waals surface area contributed by atoms with Crippen molar-refractivity contribution in [2.24, 2.45) is 24.8 Å². The number of aromatic nitrogens is 1. The van der Waals surface area contributed by atoms with Crippen LogP contribution in [-0.2, 0) is 17.9 Å². The molecule has 4 bridgehead atoms. The van der Waals surface area contributed by atoms with Crippen molar-refractivity contribution in [2.45, 2.75) is 96.1 Å². The summed E-state index contributed by atoms with van der Waals surface area (Å²) in [7, 11) is 2.09. The number of methoxy groups -OCH3 is 1. The Labute approximate surface area is 226 Å². The molecular weight excluding hydrogens is 475 g/mol. The number of fused-ring (bicyclic) bond motifs is 4. The zero-order valence-corrected chi connectivity index (χ0v) is 24.9. The molecule has 0 amide bonds. The van der Waals surface area contributed by atoms with Crippen molar-refractivity contribution < 1.29 is 18.7 Å². The topological polar surface area (TPSA) is 45.7 Å². The van der Waals surface area contributed by atoms with Crippen molar-refractivity contribution in [3.05, 3.63) is 29.5 Å². The number of aliphatic hydroxyl groups excluding tert-OH is 1. The van der Waals surface area contributed by atoms with Crippen LogP contribution in [0.25, 0.3) is 10.9 Å². The van der Waals surface area contributed by atoms with Gasteiger partial charge in [0.15, 0.2) is 16.3 Å². The summed E-state index contributed by atoms with van der Waals surface area (Å²) in [5, 5.41) is 12.4. The molecule has 4 unspecified atom stereocenters. The molecule has 7 heteroatoms. The van der Waals surface area contributed by atoms with Crippen molar-refractivity contribution in [1.29, 1.82) is 0 Å². The lowest BCUT2D eigenvalue weighted by Gasteiger charge is -2.71. The first-order valence-electron chi connectivity index (χ1n) is 14.3. The van der Waals surface area contributed by atoms with Gasteiger partial charge in [-0.1, -0.05) is 41.5 Å². The molecule has 3 fully saturated rings. The molecule has 3 saturated heterocycles. The van der Waals surface area contributed by atoms with Crippen LogP contribution in [0, 0.1) is 17.8 Å². The van der Waals surface area contributed by atoms with E-state index in [1.165, 1.54) is 28.3 Å². The smallest absolute Gasteiger partial charge is 0.345 e. The number of aryl methyl sites for hydroxylation is 1. The molecule has 1 radical (unpaired) electrons. The molecule has 1 aromatic heterocycles. The van der Waals surface area contributed by atoms with Gasteiger partial charge in [-0.25, -0.2) is 0 Å². The second-order valence-corrected chi connectivity index (χ2v) is 18.3. The number of nitrogens with zero attached hydrogens (tertiary/aromatic N) is 2. The van der Waals surface area contributed by atoms with Crippen LogP contribution in [0.5, 0.6) is 5.75 Å².